The van der Waals surface area contributed by atoms with Crippen LogP contribution in [0, 0.1) is 0 Å². The van der Waals surface area contributed by atoms with E-state index >= 15 is 0 Å². The smallest absolute Gasteiger partial charge is 0.105 e. The molecule has 0 atom stereocenters. The summed E-state index contributed by atoms with van der Waals surface area (Å²) in [5.41, 5.74) is 8.99. The number of rotatable bonds is 6. The highest BCUT2D eigenvalue weighted by Crippen LogP contribution is 2.25. The number of benzene rings is 3. The lowest BCUT2D eigenvalue weighted by Crippen LogP contribution is -2.22. The molecule has 3 aromatic carbocycles. The van der Waals surface area contributed by atoms with Crippen molar-refractivity contribution >= 4 is 39.5 Å². The standard InChI is InChI=1S/C23H21N5S/c1-2-16-3-5-17(6-4-16)13-28(19-8-10-20-22(12-19)25-15-24-20)14-18-7-9-21-23(11-18)27-29-26-21/h3-12,15H,2,13-14H2,1H3,(H,24,25). The minimum Gasteiger partial charge on any atom is -0.363 e. The molecule has 5 rings (SSSR count). The maximum atomic E-state index is 4.40. The summed E-state index contributed by atoms with van der Waals surface area (Å²) in [6.07, 6.45) is 2.80. The number of hydrogen-bond donors (Lipinski definition) is 1. The zero-order valence-corrected chi connectivity index (χ0v) is 17.0. The van der Waals surface area contributed by atoms with E-state index in [0.717, 1.165) is 47.3 Å². The van der Waals surface area contributed by atoms with Gasteiger partial charge in [-0.3, -0.25) is 0 Å². The van der Waals surface area contributed by atoms with Crippen LogP contribution in [0.15, 0.2) is 67.0 Å². The fraction of sp³-hybridized carbons (Fsp3) is 0.174. The number of anilines is 1. The monoisotopic (exact) mass is 399 g/mol. The van der Waals surface area contributed by atoms with E-state index in [1.807, 2.05) is 0 Å². The Morgan fingerprint density at radius 3 is 2.38 bits per heavy atom. The van der Waals surface area contributed by atoms with Crippen molar-refractivity contribution in [3.63, 3.8) is 0 Å². The predicted octanol–water partition coefficient (Wildman–Crippen LogP) is 5.34. The Morgan fingerprint density at radius 1 is 0.793 bits per heavy atom. The van der Waals surface area contributed by atoms with Crippen LogP contribution >= 0.6 is 11.7 Å². The Hall–Kier alpha value is -3.25. The second-order valence-electron chi connectivity index (χ2n) is 7.22. The van der Waals surface area contributed by atoms with Gasteiger partial charge in [-0.15, -0.1) is 0 Å². The first-order valence-corrected chi connectivity index (χ1v) is 10.5. The summed E-state index contributed by atoms with van der Waals surface area (Å²) in [6, 6.07) is 21.6. The van der Waals surface area contributed by atoms with Gasteiger partial charge in [-0.1, -0.05) is 37.3 Å². The van der Waals surface area contributed by atoms with Crippen LogP contribution in [-0.4, -0.2) is 18.7 Å². The highest BCUT2D eigenvalue weighted by Gasteiger charge is 2.12. The molecular weight excluding hydrogens is 378 g/mol. The van der Waals surface area contributed by atoms with E-state index in [0.29, 0.717) is 0 Å². The summed E-state index contributed by atoms with van der Waals surface area (Å²) in [6.45, 7) is 3.81. The Kier molecular flexibility index (Phi) is 4.69. The molecule has 0 radical (unpaired) electrons. The number of imidazole rings is 1. The Morgan fingerprint density at radius 2 is 1.52 bits per heavy atom. The lowest BCUT2D eigenvalue weighted by Gasteiger charge is -2.25. The molecule has 6 heteroatoms. The van der Waals surface area contributed by atoms with Gasteiger partial charge in [0, 0.05) is 18.8 Å². The molecule has 0 saturated carbocycles. The molecule has 2 heterocycles. The number of aromatic nitrogens is 4. The summed E-state index contributed by atoms with van der Waals surface area (Å²) in [7, 11) is 0. The van der Waals surface area contributed by atoms with Crippen LogP contribution in [-0.2, 0) is 19.5 Å². The lowest BCUT2D eigenvalue weighted by molar-refractivity contribution is 0.800. The summed E-state index contributed by atoms with van der Waals surface area (Å²) >= 11 is 1.26. The van der Waals surface area contributed by atoms with Crippen molar-refractivity contribution in [2.45, 2.75) is 26.4 Å². The average molecular weight is 400 g/mol. The predicted molar refractivity (Wildman–Crippen MR) is 119 cm³/mol. The molecule has 0 spiro atoms. The minimum atomic E-state index is 0.794. The summed E-state index contributed by atoms with van der Waals surface area (Å²) < 4.78 is 8.71. The lowest BCUT2D eigenvalue weighted by atomic mass is 10.1. The second-order valence-corrected chi connectivity index (χ2v) is 7.75. The molecule has 1 N–H and O–H groups in total. The van der Waals surface area contributed by atoms with Crippen molar-refractivity contribution in [1.29, 1.82) is 0 Å². The summed E-state index contributed by atoms with van der Waals surface area (Å²) in [4.78, 5) is 9.96. The fourth-order valence-corrected chi connectivity index (χ4v) is 4.12. The third kappa shape index (κ3) is 3.71. The van der Waals surface area contributed by atoms with Crippen molar-refractivity contribution in [3.8, 4) is 0 Å². The van der Waals surface area contributed by atoms with Gasteiger partial charge < -0.3 is 9.88 Å². The zero-order valence-electron chi connectivity index (χ0n) is 16.2. The van der Waals surface area contributed by atoms with Crippen LogP contribution in [0.3, 0.4) is 0 Å². The van der Waals surface area contributed by atoms with Crippen molar-refractivity contribution in [2.24, 2.45) is 0 Å². The molecule has 0 unspecified atom stereocenters. The molecular formula is C23H21N5S. The number of aryl methyl sites for hydroxylation is 1. The molecule has 0 amide bonds. The van der Waals surface area contributed by atoms with Gasteiger partial charge in [0.2, 0.25) is 0 Å². The molecule has 5 aromatic rings. The minimum absolute atomic E-state index is 0.794. The number of nitrogens with one attached hydrogen (secondary N) is 1. The van der Waals surface area contributed by atoms with Crippen molar-refractivity contribution < 1.29 is 0 Å². The zero-order chi connectivity index (χ0) is 19.6. The Labute approximate surface area is 173 Å². The molecule has 0 aliphatic heterocycles. The van der Waals surface area contributed by atoms with E-state index in [1.165, 1.54) is 28.4 Å². The van der Waals surface area contributed by atoms with Crippen molar-refractivity contribution in [2.75, 3.05) is 4.90 Å². The molecule has 0 aliphatic rings. The number of fused-ring (bicyclic) bond motifs is 2. The second kappa shape index (κ2) is 7.64. The molecule has 5 nitrogen and oxygen atoms in total. The number of aromatic amines is 1. The number of hydrogen-bond acceptors (Lipinski definition) is 5. The topological polar surface area (TPSA) is 57.7 Å². The van der Waals surface area contributed by atoms with Gasteiger partial charge in [0.1, 0.15) is 11.0 Å². The molecule has 0 bridgehead atoms. The van der Waals surface area contributed by atoms with Gasteiger partial charge in [-0.25, -0.2) is 4.98 Å². The first-order valence-electron chi connectivity index (χ1n) is 9.75. The quantitative estimate of drug-likeness (QED) is 0.419. The highest BCUT2D eigenvalue weighted by atomic mass is 32.1. The normalized spacial score (nSPS) is 11.3. The third-order valence-corrected chi connectivity index (χ3v) is 5.82. The van der Waals surface area contributed by atoms with Gasteiger partial charge in [-0.05, 0) is 53.4 Å². The van der Waals surface area contributed by atoms with E-state index in [-0.39, 0.29) is 0 Å². The van der Waals surface area contributed by atoms with Gasteiger partial charge in [0.05, 0.1) is 29.1 Å². The van der Waals surface area contributed by atoms with Crippen LogP contribution in [0.4, 0.5) is 5.69 Å². The molecule has 29 heavy (non-hydrogen) atoms. The first kappa shape index (κ1) is 17.8. The van der Waals surface area contributed by atoms with Gasteiger partial charge >= 0.3 is 0 Å². The van der Waals surface area contributed by atoms with Crippen LogP contribution in [0.5, 0.6) is 0 Å². The Bertz CT molecular complexity index is 1260. The maximum Gasteiger partial charge on any atom is 0.105 e. The van der Waals surface area contributed by atoms with E-state index in [1.54, 1.807) is 6.33 Å². The van der Waals surface area contributed by atoms with Gasteiger partial charge in [-0.2, -0.15) is 8.75 Å². The largest absolute Gasteiger partial charge is 0.363 e. The van der Waals surface area contributed by atoms with Crippen LogP contribution in [0.1, 0.15) is 23.6 Å². The average Bonchev–Trinajstić information content (AvgIpc) is 3.42. The molecule has 0 aliphatic carbocycles. The molecule has 0 saturated heterocycles. The Balaban J connectivity index is 1.49. The number of H-pyrrole nitrogens is 1. The SMILES string of the molecule is CCc1ccc(CN(Cc2ccc3nsnc3c2)c2ccc3nc[nH]c3c2)cc1. The van der Waals surface area contributed by atoms with Gasteiger partial charge in [0.15, 0.2) is 0 Å². The van der Waals surface area contributed by atoms with E-state index in [4.69, 9.17) is 0 Å². The van der Waals surface area contributed by atoms with Gasteiger partial charge in [0.25, 0.3) is 0 Å². The first-order chi connectivity index (χ1) is 14.3. The molecule has 0 fully saturated rings. The molecule has 2 aromatic heterocycles. The third-order valence-electron chi connectivity index (χ3n) is 5.27. The summed E-state index contributed by atoms with van der Waals surface area (Å²) in [5, 5.41) is 0. The van der Waals surface area contributed by atoms with E-state index in [2.05, 4.69) is 91.2 Å². The number of nitrogens with zero attached hydrogens (tertiary/aromatic N) is 4. The van der Waals surface area contributed by atoms with Crippen LogP contribution in [0.25, 0.3) is 22.1 Å². The maximum absolute atomic E-state index is 4.40. The van der Waals surface area contributed by atoms with Crippen molar-refractivity contribution in [1.82, 2.24) is 18.7 Å². The summed E-state index contributed by atoms with van der Waals surface area (Å²) in [5.74, 6) is 0. The van der Waals surface area contributed by atoms with E-state index in [9.17, 15) is 0 Å². The highest BCUT2D eigenvalue weighted by molar-refractivity contribution is 7.00. The van der Waals surface area contributed by atoms with Crippen molar-refractivity contribution in [3.05, 3.63) is 83.7 Å². The van der Waals surface area contributed by atoms with Crippen LogP contribution < -0.4 is 4.90 Å². The molecule has 144 valence electrons. The van der Waals surface area contributed by atoms with E-state index < -0.39 is 0 Å². The fourth-order valence-electron chi connectivity index (χ4n) is 3.61. The van der Waals surface area contributed by atoms with Crippen LogP contribution in [0.2, 0.25) is 0 Å².